The zero-order chi connectivity index (χ0) is 28.1. The van der Waals surface area contributed by atoms with Crippen LogP contribution in [0, 0.1) is 13.8 Å². The van der Waals surface area contributed by atoms with Crippen molar-refractivity contribution in [3.05, 3.63) is 114 Å². The van der Waals surface area contributed by atoms with Crippen molar-refractivity contribution in [1.29, 1.82) is 0 Å². The maximum Gasteiger partial charge on any atom is 0.322 e. The van der Waals surface area contributed by atoms with Gasteiger partial charge in [-0.3, -0.25) is 4.79 Å². The van der Waals surface area contributed by atoms with Crippen LogP contribution < -0.4 is 10.1 Å². The molecule has 0 aliphatic carbocycles. The second-order valence-corrected chi connectivity index (χ2v) is 10.2. The van der Waals surface area contributed by atoms with Crippen molar-refractivity contribution in [3.8, 4) is 11.5 Å². The number of benzene rings is 3. The van der Waals surface area contributed by atoms with Crippen LogP contribution in [0.2, 0.25) is 0 Å². The Labute approximate surface area is 236 Å². The topological polar surface area (TPSA) is 66.8 Å². The van der Waals surface area contributed by atoms with Crippen LogP contribution in [-0.2, 0) is 11.3 Å². The van der Waals surface area contributed by atoms with Gasteiger partial charge in [0.15, 0.2) is 0 Å². The van der Waals surface area contributed by atoms with Crippen LogP contribution in [0.1, 0.15) is 41.8 Å². The van der Waals surface area contributed by atoms with Crippen LogP contribution in [0.3, 0.4) is 0 Å². The number of nitrogens with one attached hydrogen (secondary N) is 1. The van der Waals surface area contributed by atoms with Gasteiger partial charge in [-0.2, -0.15) is 0 Å². The first-order valence-electron chi connectivity index (χ1n) is 13.8. The van der Waals surface area contributed by atoms with E-state index in [4.69, 9.17) is 4.74 Å². The molecule has 1 aromatic heterocycles. The number of fused-ring (bicyclic) bond motifs is 1. The standard InChI is InChI=1S/C33H36N4O3/c1-4-18-36(33(39)34-31-24(2)11-8-12-25(31)3)23-30(38)37-21-20-35-19-10-17-29(35)32(37)26-13-9-16-28(22-26)40-27-14-6-5-7-15-27/h5-17,19,22,32H,4,18,20-21,23H2,1-3H3,(H,34,39). The lowest BCUT2D eigenvalue weighted by atomic mass is 9.99. The highest BCUT2D eigenvalue weighted by Gasteiger charge is 2.33. The first kappa shape index (κ1) is 27.1. The van der Waals surface area contributed by atoms with Crippen molar-refractivity contribution in [2.24, 2.45) is 0 Å². The fourth-order valence-electron chi connectivity index (χ4n) is 5.35. The molecule has 1 N–H and O–H groups in total. The highest BCUT2D eigenvalue weighted by atomic mass is 16.5. The first-order valence-corrected chi connectivity index (χ1v) is 13.8. The number of nitrogens with zero attached hydrogens (tertiary/aromatic N) is 3. The van der Waals surface area contributed by atoms with Crippen molar-refractivity contribution in [3.63, 3.8) is 0 Å². The van der Waals surface area contributed by atoms with Crippen molar-refractivity contribution in [2.75, 3.05) is 25.0 Å². The molecule has 7 nitrogen and oxygen atoms in total. The molecule has 0 spiro atoms. The van der Waals surface area contributed by atoms with Gasteiger partial charge in [0.05, 0.1) is 6.04 Å². The molecule has 3 aromatic carbocycles. The molecule has 1 aliphatic rings. The van der Waals surface area contributed by atoms with Gasteiger partial charge in [0.1, 0.15) is 18.0 Å². The largest absolute Gasteiger partial charge is 0.457 e. The summed E-state index contributed by atoms with van der Waals surface area (Å²) in [5.41, 5.74) is 4.78. The summed E-state index contributed by atoms with van der Waals surface area (Å²) in [5, 5.41) is 3.05. The predicted octanol–water partition coefficient (Wildman–Crippen LogP) is 6.77. The van der Waals surface area contributed by atoms with Crippen LogP contribution in [0.15, 0.2) is 91.1 Å². The zero-order valence-corrected chi connectivity index (χ0v) is 23.3. The van der Waals surface area contributed by atoms with Gasteiger partial charge in [-0.25, -0.2) is 4.79 Å². The Balaban J connectivity index is 1.39. The van der Waals surface area contributed by atoms with Crippen LogP contribution in [-0.4, -0.2) is 45.9 Å². The maximum atomic E-state index is 13.9. The van der Waals surface area contributed by atoms with Gasteiger partial charge in [0.25, 0.3) is 0 Å². The van der Waals surface area contributed by atoms with E-state index >= 15 is 0 Å². The summed E-state index contributed by atoms with van der Waals surface area (Å²) >= 11 is 0. The van der Waals surface area contributed by atoms with Crippen molar-refractivity contribution >= 4 is 17.6 Å². The van der Waals surface area contributed by atoms with Crippen LogP contribution >= 0.6 is 0 Å². The molecule has 1 atom stereocenters. The molecule has 0 fully saturated rings. The molecule has 1 unspecified atom stereocenters. The number of ether oxygens (including phenoxy) is 1. The fourth-order valence-corrected chi connectivity index (χ4v) is 5.35. The van der Waals surface area contributed by atoms with Crippen LogP contribution in [0.4, 0.5) is 10.5 Å². The van der Waals surface area contributed by atoms with E-state index < -0.39 is 0 Å². The lowest BCUT2D eigenvalue weighted by molar-refractivity contribution is -0.134. The van der Waals surface area contributed by atoms with Gasteiger partial charge in [-0.05, 0) is 73.4 Å². The Morgan fingerprint density at radius 3 is 2.38 bits per heavy atom. The smallest absolute Gasteiger partial charge is 0.322 e. The Bertz CT molecular complexity index is 1460. The molecule has 0 bridgehead atoms. The van der Waals surface area contributed by atoms with Crippen LogP contribution in [0.25, 0.3) is 0 Å². The van der Waals surface area contributed by atoms with E-state index in [-0.39, 0.29) is 24.5 Å². The molecule has 3 amide bonds. The highest BCUT2D eigenvalue weighted by molar-refractivity contribution is 5.93. The zero-order valence-electron chi connectivity index (χ0n) is 23.3. The van der Waals surface area contributed by atoms with Gasteiger partial charge in [-0.1, -0.05) is 55.5 Å². The van der Waals surface area contributed by atoms with Crippen molar-refractivity contribution < 1.29 is 14.3 Å². The van der Waals surface area contributed by atoms with Gasteiger partial charge < -0.3 is 24.4 Å². The lowest BCUT2D eigenvalue weighted by Gasteiger charge is -2.38. The summed E-state index contributed by atoms with van der Waals surface area (Å²) in [5.74, 6) is 1.38. The summed E-state index contributed by atoms with van der Waals surface area (Å²) in [6.45, 7) is 7.70. The number of hydrogen-bond donors (Lipinski definition) is 1. The Kier molecular flexibility index (Phi) is 8.20. The molecule has 5 rings (SSSR count). The third-order valence-corrected chi connectivity index (χ3v) is 7.33. The number of carbonyl (C=O) groups excluding carboxylic acids is 2. The monoisotopic (exact) mass is 536 g/mol. The van der Waals surface area contributed by atoms with Crippen molar-refractivity contribution in [1.82, 2.24) is 14.4 Å². The SMILES string of the molecule is CCCN(CC(=O)N1CCn2cccc2C1c1cccc(Oc2ccccc2)c1)C(=O)Nc1c(C)cccc1C. The second kappa shape index (κ2) is 12.1. The summed E-state index contributed by atoms with van der Waals surface area (Å²) in [4.78, 5) is 30.8. The number of amides is 3. The summed E-state index contributed by atoms with van der Waals surface area (Å²) in [6.07, 6.45) is 2.80. The number of hydrogen-bond acceptors (Lipinski definition) is 3. The van der Waals surface area contributed by atoms with Gasteiger partial charge in [-0.15, -0.1) is 0 Å². The van der Waals surface area contributed by atoms with E-state index in [2.05, 4.69) is 22.1 Å². The van der Waals surface area contributed by atoms with E-state index in [0.717, 1.165) is 40.2 Å². The van der Waals surface area contributed by atoms with E-state index in [1.807, 2.05) is 105 Å². The fraction of sp³-hybridized carbons (Fsp3) is 0.273. The van der Waals surface area contributed by atoms with E-state index in [9.17, 15) is 9.59 Å². The van der Waals surface area contributed by atoms with Gasteiger partial charge in [0, 0.05) is 37.2 Å². The number of anilines is 1. The van der Waals surface area contributed by atoms with E-state index in [0.29, 0.717) is 25.4 Å². The second-order valence-electron chi connectivity index (χ2n) is 10.2. The number of rotatable bonds is 8. The lowest BCUT2D eigenvalue weighted by Crippen LogP contribution is -2.49. The first-order chi connectivity index (χ1) is 19.4. The van der Waals surface area contributed by atoms with Gasteiger partial charge in [0.2, 0.25) is 5.91 Å². The average molecular weight is 537 g/mol. The predicted molar refractivity (Wildman–Crippen MR) is 158 cm³/mol. The Morgan fingerprint density at radius 1 is 0.900 bits per heavy atom. The normalized spacial score (nSPS) is 14.4. The number of urea groups is 1. The maximum absolute atomic E-state index is 13.9. The summed E-state index contributed by atoms with van der Waals surface area (Å²) in [7, 11) is 0. The minimum Gasteiger partial charge on any atom is -0.457 e. The summed E-state index contributed by atoms with van der Waals surface area (Å²) < 4.78 is 8.30. The minimum atomic E-state index is -0.291. The van der Waals surface area contributed by atoms with Crippen molar-refractivity contribution in [2.45, 2.75) is 39.8 Å². The molecule has 206 valence electrons. The third kappa shape index (κ3) is 5.88. The minimum absolute atomic E-state index is 0.00200. The number of carbonyl (C=O) groups is 2. The molecular weight excluding hydrogens is 500 g/mol. The molecule has 1 aliphatic heterocycles. The number of aromatic nitrogens is 1. The number of para-hydroxylation sites is 2. The van der Waals surface area contributed by atoms with Gasteiger partial charge >= 0.3 is 6.03 Å². The molecule has 40 heavy (non-hydrogen) atoms. The average Bonchev–Trinajstić information content (AvgIpc) is 3.44. The quantitative estimate of drug-likeness (QED) is 0.270. The third-order valence-electron chi connectivity index (χ3n) is 7.33. The van der Waals surface area contributed by atoms with E-state index in [1.54, 1.807) is 4.90 Å². The highest BCUT2D eigenvalue weighted by Crippen LogP contribution is 2.35. The Hall–Kier alpha value is -4.52. The Morgan fingerprint density at radius 2 is 1.62 bits per heavy atom. The molecular formula is C33H36N4O3. The molecule has 2 heterocycles. The number of aryl methyl sites for hydroxylation is 2. The molecule has 0 saturated carbocycles. The van der Waals surface area contributed by atoms with Crippen LogP contribution in [0.5, 0.6) is 11.5 Å². The van der Waals surface area contributed by atoms with E-state index in [1.165, 1.54) is 0 Å². The summed E-state index contributed by atoms with van der Waals surface area (Å²) in [6, 6.07) is 27.0. The molecule has 7 heteroatoms. The molecule has 0 radical (unpaired) electrons. The molecule has 4 aromatic rings. The molecule has 0 saturated heterocycles.